The van der Waals surface area contributed by atoms with Gasteiger partial charge >= 0.3 is 0 Å². The molecular weight excluding hydrogens is 270 g/mol. The van der Waals surface area contributed by atoms with E-state index < -0.39 is 0 Å². The molecule has 4 rings (SSSR count). The predicted octanol–water partition coefficient (Wildman–Crippen LogP) is 2.18. The van der Waals surface area contributed by atoms with Crippen molar-refractivity contribution in [2.24, 2.45) is 0 Å². The molecule has 2 atom stereocenters. The molecule has 2 aromatic heterocycles. The number of fused-ring (bicyclic) bond motifs is 1. The fourth-order valence-corrected chi connectivity index (χ4v) is 2.73. The van der Waals surface area contributed by atoms with Gasteiger partial charge in [-0.15, -0.1) is 0 Å². The van der Waals surface area contributed by atoms with Crippen LogP contribution in [0, 0.1) is 0 Å². The van der Waals surface area contributed by atoms with Crippen LogP contribution in [0.25, 0.3) is 22.4 Å². The first-order valence-electron chi connectivity index (χ1n) is 6.92. The van der Waals surface area contributed by atoms with Crippen LogP contribution in [0.4, 0.5) is 0 Å². The van der Waals surface area contributed by atoms with E-state index in [-0.39, 0.29) is 12.0 Å². The number of rotatable bonds is 3. The Morgan fingerprint density at radius 1 is 1.24 bits per heavy atom. The first-order valence-corrected chi connectivity index (χ1v) is 6.92. The number of ether oxygens (including phenoxy) is 1. The zero-order chi connectivity index (χ0) is 14.2. The molecule has 1 aliphatic heterocycles. The molecule has 108 valence electrons. The van der Waals surface area contributed by atoms with Crippen molar-refractivity contribution in [1.29, 1.82) is 0 Å². The zero-order valence-corrected chi connectivity index (χ0v) is 11.6. The molecule has 1 aliphatic rings. The van der Waals surface area contributed by atoms with E-state index in [1.54, 1.807) is 6.26 Å². The van der Waals surface area contributed by atoms with E-state index in [4.69, 9.17) is 13.7 Å². The molecule has 1 fully saturated rings. The Balaban J connectivity index is 1.71. The maximum absolute atomic E-state index is 5.52. The second-order valence-corrected chi connectivity index (χ2v) is 5.14. The third-order valence-electron chi connectivity index (χ3n) is 3.93. The van der Waals surface area contributed by atoms with E-state index in [1.165, 1.54) is 0 Å². The van der Waals surface area contributed by atoms with Gasteiger partial charge in [-0.2, -0.15) is 4.98 Å². The SMILES string of the molecule is CNC1COCC1c1nc(-c2coc3ccccc23)no1. The highest BCUT2D eigenvalue weighted by molar-refractivity contribution is 5.91. The van der Waals surface area contributed by atoms with E-state index in [0.29, 0.717) is 24.9 Å². The van der Waals surface area contributed by atoms with Gasteiger partial charge in [0.05, 0.1) is 24.7 Å². The molecule has 6 nitrogen and oxygen atoms in total. The lowest BCUT2D eigenvalue weighted by molar-refractivity contribution is 0.185. The van der Waals surface area contributed by atoms with Crippen molar-refractivity contribution >= 4 is 11.0 Å². The van der Waals surface area contributed by atoms with E-state index in [9.17, 15) is 0 Å². The van der Waals surface area contributed by atoms with Crippen molar-refractivity contribution in [2.45, 2.75) is 12.0 Å². The van der Waals surface area contributed by atoms with Crippen LogP contribution in [-0.4, -0.2) is 36.4 Å². The summed E-state index contributed by atoms with van der Waals surface area (Å²) in [4.78, 5) is 4.53. The minimum absolute atomic E-state index is 0.0921. The van der Waals surface area contributed by atoms with Crippen molar-refractivity contribution in [3.05, 3.63) is 36.4 Å². The molecule has 0 spiro atoms. The highest BCUT2D eigenvalue weighted by atomic mass is 16.5. The van der Waals surface area contributed by atoms with Gasteiger partial charge in [0.1, 0.15) is 11.8 Å². The summed E-state index contributed by atoms with van der Waals surface area (Å²) in [6.45, 7) is 1.26. The summed E-state index contributed by atoms with van der Waals surface area (Å²) in [6, 6.07) is 8.01. The van der Waals surface area contributed by atoms with Crippen molar-refractivity contribution in [3.8, 4) is 11.4 Å². The van der Waals surface area contributed by atoms with Gasteiger partial charge in [0.2, 0.25) is 11.7 Å². The van der Waals surface area contributed by atoms with E-state index >= 15 is 0 Å². The monoisotopic (exact) mass is 285 g/mol. The average molecular weight is 285 g/mol. The van der Waals surface area contributed by atoms with Crippen LogP contribution in [-0.2, 0) is 4.74 Å². The second kappa shape index (κ2) is 4.98. The Morgan fingerprint density at radius 3 is 3.05 bits per heavy atom. The van der Waals surface area contributed by atoms with Gasteiger partial charge in [-0.3, -0.25) is 0 Å². The van der Waals surface area contributed by atoms with Gasteiger partial charge in [-0.25, -0.2) is 0 Å². The van der Waals surface area contributed by atoms with Crippen LogP contribution in [0.3, 0.4) is 0 Å². The summed E-state index contributed by atoms with van der Waals surface area (Å²) in [5.74, 6) is 1.25. The molecule has 6 heteroatoms. The summed E-state index contributed by atoms with van der Waals surface area (Å²) in [7, 11) is 1.91. The predicted molar refractivity (Wildman–Crippen MR) is 75.9 cm³/mol. The molecule has 1 saturated heterocycles. The lowest BCUT2D eigenvalue weighted by Crippen LogP contribution is -2.31. The zero-order valence-electron chi connectivity index (χ0n) is 11.6. The van der Waals surface area contributed by atoms with Crippen LogP contribution in [0.1, 0.15) is 11.8 Å². The molecule has 1 N–H and O–H groups in total. The molecule has 3 aromatic rings. The molecule has 1 aromatic carbocycles. The summed E-state index contributed by atoms with van der Waals surface area (Å²) in [5, 5.41) is 8.29. The summed E-state index contributed by atoms with van der Waals surface area (Å²) in [6.07, 6.45) is 1.67. The Hall–Kier alpha value is -2.18. The molecule has 2 unspecified atom stereocenters. The first-order chi connectivity index (χ1) is 10.4. The van der Waals surface area contributed by atoms with Crippen molar-refractivity contribution in [2.75, 3.05) is 20.3 Å². The number of hydrogen-bond acceptors (Lipinski definition) is 6. The fourth-order valence-electron chi connectivity index (χ4n) is 2.73. The fraction of sp³-hybridized carbons (Fsp3) is 0.333. The van der Waals surface area contributed by atoms with Crippen LogP contribution in [0.5, 0.6) is 0 Å². The smallest absolute Gasteiger partial charge is 0.234 e. The largest absolute Gasteiger partial charge is 0.464 e. The first kappa shape index (κ1) is 12.6. The molecular formula is C15H15N3O3. The van der Waals surface area contributed by atoms with Crippen LogP contribution in [0.2, 0.25) is 0 Å². The van der Waals surface area contributed by atoms with E-state index in [1.807, 2.05) is 31.3 Å². The number of nitrogens with zero attached hydrogens (tertiary/aromatic N) is 2. The summed E-state index contributed by atoms with van der Waals surface area (Å²) in [5.41, 5.74) is 1.66. The maximum atomic E-state index is 5.52. The van der Waals surface area contributed by atoms with Crippen molar-refractivity contribution in [1.82, 2.24) is 15.5 Å². The Labute approximate surface area is 121 Å². The van der Waals surface area contributed by atoms with Gasteiger partial charge in [0.25, 0.3) is 0 Å². The van der Waals surface area contributed by atoms with Gasteiger partial charge < -0.3 is 19.0 Å². The summed E-state index contributed by atoms with van der Waals surface area (Å²) < 4.78 is 16.4. The molecule has 21 heavy (non-hydrogen) atoms. The molecule has 0 saturated carbocycles. The number of furan rings is 1. The normalized spacial score (nSPS) is 22.1. The third kappa shape index (κ3) is 2.03. The number of para-hydroxylation sites is 1. The van der Waals surface area contributed by atoms with Gasteiger partial charge in [0.15, 0.2) is 0 Å². The Bertz CT molecular complexity index is 764. The van der Waals surface area contributed by atoms with Crippen molar-refractivity contribution in [3.63, 3.8) is 0 Å². The third-order valence-corrected chi connectivity index (χ3v) is 3.93. The molecule has 0 aliphatic carbocycles. The molecule has 0 bridgehead atoms. The average Bonchev–Trinajstić information content (AvgIpc) is 3.24. The highest BCUT2D eigenvalue weighted by Crippen LogP contribution is 2.31. The van der Waals surface area contributed by atoms with Crippen molar-refractivity contribution < 1.29 is 13.7 Å². The standard InChI is InChI=1S/C15H15N3O3/c1-16-12-8-19-6-11(12)15-17-14(18-21-15)10-7-20-13-5-3-2-4-9(10)13/h2-5,7,11-12,16H,6,8H2,1H3. The number of likely N-dealkylation sites (N-methyl/N-ethyl adjacent to an activating group) is 1. The summed E-state index contributed by atoms with van der Waals surface area (Å²) >= 11 is 0. The quantitative estimate of drug-likeness (QED) is 0.795. The van der Waals surface area contributed by atoms with Gasteiger partial charge in [0, 0.05) is 11.4 Å². The lowest BCUT2D eigenvalue weighted by Gasteiger charge is -2.11. The number of hydrogen-bond donors (Lipinski definition) is 1. The van der Waals surface area contributed by atoms with E-state index in [2.05, 4.69) is 15.5 Å². The molecule has 0 radical (unpaired) electrons. The van der Waals surface area contributed by atoms with Crippen LogP contribution in [0.15, 0.2) is 39.5 Å². The van der Waals surface area contributed by atoms with Gasteiger partial charge in [-0.1, -0.05) is 23.4 Å². The second-order valence-electron chi connectivity index (χ2n) is 5.14. The number of nitrogens with one attached hydrogen (secondary N) is 1. The topological polar surface area (TPSA) is 73.3 Å². The van der Waals surface area contributed by atoms with Gasteiger partial charge in [-0.05, 0) is 13.1 Å². The number of benzene rings is 1. The van der Waals surface area contributed by atoms with Crippen LogP contribution < -0.4 is 5.32 Å². The lowest BCUT2D eigenvalue weighted by atomic mass is 10.0. The Morgan fingerprint density at radius 2 is 2.14 bits per heavy atom. The minimum atomic E-state index is 0.0921. The molecule has 3 heterocycles. The maximum Gasteiger partial charge on any atom is 0.234 e. The van der Waals surface area contributed by atoms with Crippen LogP contribution >= 0.6 is 0 Å². The highest BCUT2D eigenvalue weighted by Gasteiger charge is 2.33. The Kier molecular flexibility index (Phi) is 2.98. The minimum Gasteiger partial charge on any atom is -0.464 e. The number of aromatic nitrogens is 2. The molecule has 0 amide bonds. The van der Waals surface area contributed by atoms with E-state index in [0.717, 1.165) is 16.5 Å².